The molecule has 1 N–H and O–H groups in total. The Kier molecular flexibility index (Phi) is 5.02. The van der Waals surface area contributed by atoms with Crippen LogP contribution in [0.15, 0.2) is 36.5 Å². The molecule has 0 saturated heterocycles. The second kappa shape index (κ2) is 7.79. The minimum Gasteiger partial charge on any atom is -0.486 e. The van der Waals surface area contributed by atoms with Gasteiger partial charge in [-0.15, -0.1) is 0 Å². The highest BCUT2D eigenvalue weighted by molar-refractivity contribution is 5.94. The fraction of sp³-hybridized carbons (Fsp3) is 0.227. The molecule has 0 fully saturated rings. The third kappa shape index (κ3) is 3.53. The number of fused-ring (bicyclic) bond motifs is 1. The molecule has 8 nitrogen and oxygen atoms in total. The molecule has 0 unspecified atom stereocenters. The SMILES string of the molecule is COc1cc(-c2n[nH]c3ccc(O[C@H](C)c4c(C)cnnc4C)cc23)cc(C#N)n1. The van der Waals surface area contributed by atoms with Gasteiger partial charge in [-0.3, -0.25) is 5.10 Å². The number of benzene rings is 1. The maximum atomic E-state index is 9.26. The molecule has 0 amide bonds. The summed E-state index contributed by atoms with van der Waals surface area (Å²) >= 11 is 0. The summed E-state index contributed by atoms with van der Waals surface area (Å²) in [7, 11) is 1.52. The third-order valence-electron chi connectivity index (χ3n) is 4.93. The van der Waals surface area contributed by atoms with E-state index in [4.69, 9.17) is 9.47 Å². The molecule has 0 saturated carbocycles. The van der Waals surface area contributed by atoms with E-state index in [2.05, 4.69) is 31.4 Å². The molecule has 0 aliphatic rings. The summed E-state index contributed by atoms with van der Waals surface area (Å²) in [5.74, 6) is 1.06. The largest absolute Gasteiger partial charge is 0.486 e. The first-order valence-electron chi connectivity index (χ1n) is 9.40. The molecule has 4 rings (SSSR count). The smallest absolute Gasteiger partial charge is 0.214 e. The van der Waals surface area contributed by atoms with Gasteiger partial charge in [-0.1, -0.05) is 0 Å². The fourth-order valence-electron chi connectivity index (χ4n) is 3.58. The maximum absolute atomic E-state index is 9.26. The maximum Gasteiger partial charge on any atom is 0.214 e. The molecule has 3 heterocycles. The van der Waals surface area contributed by atoms with Crippen LogP contribution in [0.5, 0.6) is 11.6 Å². The highest BCUT2D eigenvalue weighted by Crippen LogP contribution is 2.33. The number of H-pyrrole nitrogens is 1. The van der Waals surface area contributed by atoms with E-state index in [9.17, 15) is 5.26 Å². The lowest BCUT2D eigenvalue weighted by molar-refractivity contribution is 0.225. The standard InChI is InChI=1S/C22H20N6O2/c1-12-11-24-26-13(2)21(12)14(3)30-17-5-6-19-18(9-17)22(28-27-19)15-7-16(10-23)25-20(8-15)29-4/h5-9,11,14H,1-4H3,(H,27,28)/t14-/m1/s1. The number of nitrogens with one attached hydrogen (secondary N) is 1. The number of hydrogen-bond donors (Lipinski definition) is 1. The van der Waals surface area contributed by atoms with Gasteiger partial charge in [0.25, 0.3) is 0 Å². The zero-order chi connectivity index (χ0) is 21.3. The van der Waals surface area contributed by atoms with Crippen LogP contribution in [0, 0.1) is 25.2 Å². The van der Waals surface area contributed by atoms with Crippen molar-refractivity contribution in [2.75, 3.05) is 7.11 Å². The second-order valence-corrected chi connectivity index (χ2v) is 6.96. The molecule has 3 aromatic heterocycles. The molecule has 0 spiro atoms. The number of aromatic amines is 1. The van der Waals surface area contributed by atoms with Gasteiger partial charge in [0.2, 0.25) is 5.88 Å². The second-order valence-electron chi connectivity index (χ2n) is 6.96. The van der Waals surface area contributed by atoms with Crippen molar-refractivity contribution >= 4 is 10.9 Å². The van der Waals surface area contributed by atoms with Crippen LogP contribution >= 0.6 is 0 Å². The van der Waals surface area contributed by atoms with E-state index in [1.54, 1.807) is 18.3 Å². The highest BCUT2D eigenvalue weighted by atomic mass is 16.5. The Balaban J connectivity index is 1.73. The monoisotopic (exact) mass is 400 g/mol. The number of aryl methyl sites for hydroxylation is 2. The number of nitriles is 1. The first-order chi connectivity index (χ1) is 14.5. The van der Waals surface area contributed by atoms with Gasteiger partial charge in [0, 0.05) is 22.6 Å². The Hall–Kier alpha value is -3.99. The summed E-state index contributed by atoms with van der Waals surface area (Å²) in [5.41, 5.74) is 5.46. The van der Waals surface area contributed by atoms with E-state index < -0.39 is 0 Å². The van der Waals surface area contributed by atoms with Gasteiger partial charge >= 0.3 is 0 Å². The Morgan fingerprint density at radius 3 is 2.73 bits per heavy atom. The lowest BCUT2D eigenvalue weighted by Gasteiger charge is -2.18. The van der Waals surface area contributed by atoms with E-state index in [-0.39, 0.29) is 11.8 Å². The molecule has 4 aromatic rings. The van der Waals surface area contributed by atoms with Crippen molar-refractivity contribution in [1.82, 2.24) is 25.4 Å². The number of aromatic nitrogens is 5. The van der Waals surface area contributed by atoms with Gasteiger partial charge in [0.15, 0.2) is 0 Å². The number of ether oxygens (including phenoxy) is 2. The molecular weight excluding hydrogens is 380 g/mol. The highest BCUT2D eigenvalue weighted by Gasteiger charge is 2.17. The molecule has 0 radical (unpaired) electrons. The fourth-order valence-corrected chi connectivity index (χ4v) is 3.58. The third-order valence-corrected chi connectivity index (χ3v) is 4.93. The Labute approximate surface area is 173 Å². The van der Waals surface area contributed by atoms with Crippen LogP contribution in [0.25, 0.3) is 22.2 Å². The van der Waals surface area contributed by atoms with E-state index in [0.717, 1.165) is 33.3 Å². The van der Waals surface area contributed by atoms with Crippen LogP contribution in [0.2, 0.25) is 0 Å². The molecule has 1 aromatic carbocycles. The average molecular weight is 400 g/mol. The van der Waals surface area contributed by atoms with Gasteiger partial charge in [0.05, 0.1) is 24.5 Å². The van der Waals surface area contributed by atoms with Crippen LogP contribution < -0.4 is 9.47 Å². The van der Waals surface area contributed by atoms with Gasteiger partial charge in [-0.2, -0.15) is 20.6 Å². The predicted octanol–water partition coefficient (Wildman–Crippen LogP) is 4.05. The van der Waals surface area contributed by atoms with Crippen molar-refractivity contribution in [3.05, 3.63) is 59.0 Å². The van der Waals surface area contributed by atoms with Crippen molar-refractivity contribution in [2.24, 2.45) is 0 Å². The van der Waals surface area contributed by atoms with E-state index in [1.165, 1.54) is 7.11 Å². The average Bonchev–Trinajstić information content (AvgIpc) is 3.16. The van der Waals surface area contributed by atoms with Gasteiger partial charge in [0.1, 0.15) is 29.3 Å². The molecule has 1 atom stereocenters. The molecular formula is C22H20N6O2. The van der Waals surface area contributed by atoms with Crippen molar-refractivity contribution in [2.45, 2.75) is 26.9 Å². The summed E-state index contributed by atoms with van der Waals surface area (Å²) in [6.07, 6.45) is 1.54. The minimum absolute atomic E-state index is 0.195. The summed E-state index contributed by atoms with van der Waals surface area (Å²) < 4.78 is 11.4. The van der Waals surface area contributed by atoms with Crippen molar-refractivity contribution in [1.29, 1.82) is 5.26 Å². The van der Waals surface area contributed by atoms with Crippen LogP contribution in [-0.2, 0) is 0 Å². The van der Waals surface area contributed by atoms with Crippen LogP contribution in [0.4, 0.5) is 0 Å². The van der Waals surface area contributed by atoms with Crippen molar-refractivity contribution in [3.63, 3.8) is 0 Å². The molecule has 0 bridgehead atoms. The Morgan fingerprint density at radius 2 is 2.00 bits per heavy atom. The molecule has 30 heavy (non-hydrogen) atoms. The summed E-state index contributed by atoms with van der Waals surface area (Å²) in [6, 6.07) is 11.2. The summed E-state index contributed by atoms with van der Waals surface area (Å²) in [6.45, 7) is 5.92. The normalized spacial score (nSPS) is 11.8. The number of pyridine rings is 1. The predicted molar refractivity (Wildman–Crippen MR) is 111 cm³/mol. The molecule has 0 aliphatic heterocycles. The first-order valence-corrected chi connectivity index (χ1v) is 9.40. The topological polar surface area (TPSA) is 110 Å². The zero-order valence-corrected chi connectivity index (χ0v) is 17.1. The quantitative estimate of drug-likeness (QED) is 0.538. The van der Waals surface area contributed by atoms with Crippen molar-refractivity contribution < 1.29 is 9.47 Å². The lowest BCUT2D eigenvalue weighted by Crippen LogP contribution is -2.09. The van der Waals surface area contributed by atoms with E-state index in [1.807, 2.05) is 39.0 Å². The number of rotatable bonds is 5. The minimum atomic E-state index is -0.195. The van der Waals surface area contributed by atoms with Crippen LogP contribution in [0.1, 0.15) is 35.5 Å². The van der Waals surface area contributed by atoms with Gasteiger partial charge in [-0.25, -0.2) is 4.98 Å². The summed E-state index contributed by atoms with van der Waals surface area (Å²) in [4.78, 5) is 4.11. The van der Waals surface area contributed by atoms with Gasteiger partial charge in [-0.05, 0) is 50.6 Å². The molecule has 0 aliphatic carbocycles. The van der Waals surface area contributed by atoms with E-state index in [0.29, 0.717) is 17.3 Å². The number of methoxy groups -OCH3 is 1. The summed E-state index contributed by atoms with van der Waals surface area (Å²) in [5, 5.41) is 25.7. The van der Waals surface area contributed by atoms with Crippen molar-refractivity contribution in [3.8, 4) is 29.0 Å². The van der Waals surface area contributed by atoms with Crippen LogP contribution in [0.3, 0.4) is 0 Å². The molecule has 150 valence electrons. The molecule has 8 heteroatoms. The number of nitrogens with zero attached hydrogens (tertiary/aromatic N) is 5. The van der Waals surface area contributed by atoms with E-state index >= 15 is 0 Å². The Morgan fingerprint density at radius 1 is 1.17 bits per heavy atom. The first kappa shape index (κ1) is 19.3. The van der Waals surface area contributed by atoms with Gasteiger partial charge < -0.3 is 9.47 Å². The zero-order valence-electron chi connectivity index (χ0n) is 17.1. The van der Waals surface area contributed by atoms with Crippen LogP contribution in [-0.4, -0.2) is 32.5 Å². The Bertz CT molecular complexity index is 1250. The lowest BCUT2D eigenvalue weighted by atomic mass is 10.0. The number of hydrogen-bond acceptors (Lipinski definition) is 7.